The van der Waals surface area contributed by atoms with Crippen molar-refractivity contribution >= 4 is 23.3 Å². The molecule has 0 radical (unpaired) electrons. The summed E-state index contributed by atoms with van der Waals surface area (Å²) in [6.07, 6.45) is 1.95. The predicted octanol–water partition coefficient (Wildman–Crippen LogP) is 7.67. The zero-order valence-electron chi connectivity index (χ0n) is 15.1. The Labute approximate surface area is 165 Å². The van der Waals surface area contributed by atoms with Crippen molar-refractivity contribution in [3.63, 3.8) is 0 Å². The Balaban J connectivity index is 1.90. The fourth-order valence-electron chi connectivity index (χ4n) is 2.56. The minimum absolute atomic E-state index is 0.0683. The van der Waals surface area contributed by atoms with Crippen LogP contribution in [0.4, 0.5) is 19.4 Å². The van der Waals surface area contributed by atoms with Crippen molar-refractivity contribution in [3.8, 4) is 22.8 Å². The quantitative estimate of drug-likeness (QED) is 0.287. The van der Waals surface area contributed by atoms with Gasteiger partial charge in [0.2, 0.25) is 5.88 Å². The van der Waals surface area contributed by atoms with E-state index in [-0.39, 0.29) is 23.8 Å². The first kappa shape index (κ1) is 21.2. The molecule has 3 nitrogen and oxygen atoms in total. The van der Waals surface area contributed by atoms with E-state index in [4.69, 9.17) is 4.74 Å². The van der Waals surface area contributed by atoms with Crippen LogP contribution in [0.3, 0.4) is 0 Å². The van der Waals surface area contributed by atoms with Crippen molar-refractivity contribution in [3.05, 3.63) is 66.9 Å². The topological polar surface area (TPSA) is 39.2 Å². The summed E-state index contributed by atoms with van der Waals surface area (Å²) in [6.45, 7) is 1.82. The fourth-order valence-corrected chi connectivity index (χ4v) is 4.06. The Bertz CT molecular complexity index is 1060. The van der Waals surface area contributed by atoms with Gasteiger partial charge in [-0.25, -0.2) is 4.98 Å². The van der Waals surface area contributed by atoms with E-state index in [1.165, 1.54) is 6.20 Å². The molecule has 0 spiro atoms. The van der Waals surface area contributed by atoms with Crippen LogP contribution in [-0.4, -0.2) is 11.1 Å². The van der Waals surface area contributed by atoms with Gasteiger partial charge in [-0.15, -0.1) is 0 Å². The molecule has 3 aromatic rings. The van der Waals surface area contributed by atoms with Crippen LogP contribution in [0.5, 0.6) is 11.6 Å². The summed E-state index contributed by atoms with van der Waals surface area (Å²) in [5.41, 5.74) is 1.24. The van der Waals surface area contributed by atoms with Gasteiger partial charge in [-0.05, 0) is 73.2 Å². The number of ether oxygens (including phenoxy) is 1. The molecule has 29 heavy (non-hydrogen) atoms. The highest BCUT2D eigenvalue weighted by Gasteiger charge is 2.65. The second kappa shape index (κ2) is 6.78. The number of nitrogens with zero attached hydrogens (tertiary/aromatic N) is 1. The third-order valence-electron chi connectivity index (χ3n) is 4.01. The Morgan fingerprint density at radius 3 is 2.10 bits per heavy atom. The average molecular weight is 448 g/mol. The number of hydrogen-bond donors (Lipinski definition) is 0. The second-order valence-electron chi connectivity index (χ2n) is 6.14. The largest absolute Gasteiger partial charge is 0.438 e. The van der Waals surface area contributed by atoms with Crippen LogP contribution in [0.15, 0.2) is 71.8 Å². The van der Waals surface area contributed by atoms with Crippen molar-refractivity contribution in [2.75, 3.05) is 6.16 Å². The van der Waals surface area contributed by atoms with Crippen LogP contribution >= 0.6 is 18.0 Å². The molecule has 0 aliphatic heterocycles. The van der Waals surface area contributed by atoms with Crippen molar-refractivity contribution in [2.24, 2.45) is 0 Å². The van der Waals surface area contributed by atoms with Crippen molar-refractivity contribution in [1.82, 2.24) is 4.98 Å². The van der Waals surface area contributed by atoms with E-state index >= 15 is 0 Å². The van der Waals surface area contributed by atoms with Gasteiger partial charge in [0.25, 0.3) is 0 Å². The lowest BCUT2D eigenvalue weighted by Crippen LogP contribution is -2.05. The van der Waals surface area contributed by atoms with Crippen LogP contribution in [0.2, 0.25) is 0 Å². The molecule has 2 aromatic carbocycles. The molecule has 0 saturated heterocycles. The van der Waals surface area contributed by atoms with Gasteiger partial charge in [0.05, 0.1) is 0 Å². The van der Waals surface area contributed by atoms with Gasteiger partial charge in [0, 0.05) is 11.8 Å². The second-order valence-corrected chi connectivity index (χ2v) is 10.5. The first-order valence-electron chi connectivity index (χ1n) is 8.39. The van der Waals surface area contributed by atoms with E-state index < -0.39 is 22.9 Å². The lowest BCUT2D eigenvalue weighted by Gasteiger charge is -2.40. The summed E-state index contributed by atoms with van der Waals surface area (Å²) in [7, 11) is -11.2. The number of aromatic nitrogens is 1. The van der Waals surface area contributed by atoms with Crippen LogP contribution in [0.1, 0.15) is 6.92 Å². The monoisotopic (exact) mass is 448 g/mol. The van der Waals surface area contributed by atoms with Crippen LogP contribution in [0, 0.1) is 0 Å². The molecule has 0 amide bonds. The molecule has 0 saturated carbocycles. The van der Waals surface area contributed by atoms with Crippen molar-refractivity contribution in [1.29, 1.82) is 0 Å². The summed E-state index contributed by atoms with van der Waals surface area (Å²) < 4.78 is 81.6. The minimum atomic E-state index is -9.73. The van der Waals surface area contributed by atoms with Crippen molar-refractivity contribution < 1.29 is 28.7 Å². The molecule has 1 atom stereocenters. The number of hydrogen-bond acceptors (Lipinski definition) is 3. The van der Waals surface area contributed by atoms with Gasteiger partial charge in [0.1, 0.15) is 16.8 Å². The maximum Gasteiger partial charge on any atom is 0.376 e. The number of pyridine rings is 1. The molecule has 1 heterocycles. The van der Waals surface area contributed by atoms with Gasteiger partial charge in [-0.1, -0.05) is 24.0 Å². The molecule has 0 fully saturated rings. The molecule has 1 aromatic heterocycles. The van der Waals surface area contributed by atoms with E-state index in [1.807, 2.05) is 6.92 Å². The van der Waals surface area contributed by atoms with Crippen LogP contribution in [0.25, 0.3) is 11.1 Å². The third-order valence-corrected chi connectivity index (χ3v) is 6.62. The van der Waals surface area contributed by atoms with Gasteiger partial charge in [0.15, 0.2) is 5.30 Å². The fraction of sp³-hybridized carbons (Fsp3) is 0.105. The lowest BCUT2D eigenvalue weighted by atomic mass is 10.1. The maximum absolute atomic E-state index is 12.8. The number of rotatable bonds is 6. The third kappa shape index (κ3) is 5.10. The molecular weight excluding hydrogens is 432 g/mol. The molecule has 10 heteroatoms. The SMILES string of the molecule is CC[P+](=O)c1ccc(-c2cccnc2Oc2ccc(S(F)(F)(F)(F)F)cc2)cc1. The molecule has 154 valence electrons. The lowest BCUT2D eigenvalue weighted by molar-refractivity contribution is 0.363. The zero-order chi connectivity index (χ0) is 21.3. The Hall–Kier alpha value is -2.51. The highest BCUT2D eigenvalue weighted by atomic mass is 32.5. The minimum Gasteiger partial charge on any atom is -0.438 e. The number of benzene rings is 2. The highest BCUT2D eigenvalue weighted by Crippen LogP contribution is 3.02. The molecule has 0 bridgehead atoms. The molecule has 0 aliphatic rings. The Morgan fingerprint density at radius 1 is 0.931 bits per heavy atom. The summed E-state index contributed by atoms with van der Waals surface area (Å²) in [5, 5.41) is 0.698. The van der Waals surface area contributed by atoms with Crippen LogP contribution < -0.4 is 10.0 Å². The van der Waals surface area contributed by atoms with Crippen molar-refractivity contribution in [2.45, 2.75) is 11.8 Å². The summed E-state index contributed by atoms with van der Waals surface area (Å²) in [4.78, 5) is 2.09. The summed E-state index contributed by atoms with van der Waals surface area (Å²) >= 11 is 0. The molecule has 1 unspecified atom stereocenters. The summed E-state index contributed by atoms with van der Waals surface area (Å²) in [6, 6.07) is 12.5. The first-order valence-corrected chi connectivity index (χ1v) is 11.8. The molecule has 0 aliphatic carbocycles. The van der Waals surface area contributed by atoms with E-state index in [1.54, 1.807) is 36.4 Å². The normalized spacial score (nSPS) is 14.6. The smallest absolute Gasteiger partial charge is 0.376 e. The van der Waals surface area contributed by atoms with Gasteiger partial charge in [-0.2, -0.15) is 0 Å². The molecular formula is C19H16F5NO2PS+. The molecule has 3 rings (SSSR count). The first-order chi connectivity index (χ1) is 13.4. The number of halogens is 5. The van der Waals surface area contributed by atoms with E-state index in [2.05, 4.69) is 4.98 Å². The highest BCUT2D eigenvalue weighted by molar-refractivity contribution is 8.45. The van der Waals surface area contributed by atoms with Gasteiger partial charge < -0.3 is 4.74 Å². The summed E-state index contributed by atoms with van der Waals surface area (Å²) in [5.74, 6) is 0.0291. The standard InChI is InChI=1S/C19H16F5NO2PS/c1-2-28(26)16-9-5-14(6-10-16)18-4-3-13-25-19(18)27-15-7-11-17(12-8-15)29(20,21,22,23)24/h3-13H,2H2,1H3/q+1. The Kier molecular flexibility index (Phi) is 4.96. The van der Waals surface area contributed by atoms with E-state index in [9.17, 15) is 24.0 Å². The van der Waals surface area contributed by atoms with Gasteiger partial charge in [-0.3, -0.25) is 0 Å². The van der Waals surface area contributed by atoms with Crippen LogP contribution in [-0.2, 0) is 4.57 Å². The Morgan fingerprint density at radius 2 is 1.55 bits per heavy atom. The van der Waals surface area contributed by atoms with Gasteiger partial charge >= 0.3 is 18.0 Å². The van der Waals surface area contributed by atoms with E-state index in [0.717, 1.165) is 12.1 Å². The molecule has 0 N–H and O–H groups in total. The zero-order valence-corrected chi connectivity index (χ0v) is 16.8. The van der Waals surface area contributed by atoms with E-state index in [0.29, 0.717) is 22.6 Å². The predicted molar refractivity (Wildman–Crippen MR) is 105 cm³/mol. The average Bonchev–Trinajstić information content (AvgIpc) is 2.66. The maximum atomic E-state index is 12.8.